The average molecular weight is 282 g/mol. The van der Waals surface area contributed by atoms with E-state index in [9.17, 15) is 14.4 Å². The predicted octanol–water partition coefficient (Wildman–Crippen LogP) is 1.35. The lowest BCUT2D eigenvalue weighted by Crippen LogP contribution is -2.53. The lowest BCUT2D eigenvalue weighted by Gasteiger charge is -2.31. The Kier molecular flexibility index (Phi) is 4.44. The number of rotatable bonds is 3. The third-order valence-electron chi connectivity index (χ3n) is 3.81. The second kappa shape index (κ2) is 5.28. The summed E-state index contributed by atoms with van der Waals surface area (Å²) in [5.41, 5.74) is 4.73. The van der Waals surface area contributed by atoms with Crippen molar-refractivity contribution >= 4 is 17.6 Å². The molecule has 20 heavy (non-hydrogen) atoms. The van der Waals surface area contributed by atoms with E-state index >= 15 is 0 Å². The highest BCUT2D eigenvalue weighted by Crippen LogP contribution is 2.37. The molecule has 5 nitrogen and oxygen atoms in total. The van der Waals surface area contributed by atoms with Gasteiger partial charge in [-0.1, -0.05) is 41.5 Å². The molecule has 1 heterocycles. The third-order valence-corrected chi connectivity index (χ3v) is 3.81. The van der Waals surface area contributed by atoms with E-state index < -0.39 is 11.5 Å². The van der Waals surface area contributed by atoms with Gasteiger partial charge in [-0.25, -0.2) is 0 Å². The first kappa shape index (κ1) is 16.8. The normalized spacial score (nSPS) is 22.4. The Balaban J connectivity index is 3.09. The molecule has 0 aromatic heterocycles. The van der Waals surface area contributed by atoms with Gasteiger partial charge < -0.3 is 5.73 Å². The van der Waals surface area contributed by atoms with Crippen LogP contribution in [0, 0.1) is 16.7 Å². The maximum atomic E-state index is 12.5. The van der Waals surface area contributed by atoms with Crippen LogP contribution in [0.2, 0.25) is 0 Å². The van der Waals surface area contributed by atoms with Gasteiger partial charge in [0.25, 0.3) is 0 Å². The number of carbonyl (C=O) groups is 3. The zero-order valence-corrected chi connectivity index (χ0v) is 13.3. The van der Waals surface area contributed by atoms with Crippen molar-refractivity contribution in [1.82, 2.24) is 4.90 Å². The van der Waals surface area contributed by atoms with Crippen LogP contribution in [0.15, 0.2) is 0 Å². The van der Waals surface area contributed by atoms with Crippen LogP contribution in [0.25, 0.3) is 0 Å². The van der Waals surface area contributed by atoms with Crippen LogP contribution in [0.4, 0.5) is 0 Å². The standard InChI is InChI=1S/C15H26N2O3/c1-14(2,3)9-7-11(18)17(13(9)20)10(8-16)12(19)15(4,5)6/h9-10H,7-8,16H2,1-6H3. The molecule has 0 saturated carbocycles. The lowest BCUT2D eigenvalue weighted by molar-refractivity contribution is -0.149. The minimum absolute atomic E-state index is 0.0234. The van der Waals surface area contributed by atoms with Crippen molar-refractivity contribution in [3.8, 4) is 0 Å². The van der Waals surface area contributed by atoms with Gasteiger partial charge in [0.2, 0.25) is 11.8 Å². The van der Waals surface area contributed by atoms with Crippen molar-refractivity contribution in [1.29, 1.82) is 0 Å². The van der Waals surface area contributed by atoms with Crippen LogP contribution >= 0.6 is 0 Å². The van der Waals surface area contributed by atoms with Crippen LogP contribution in [0.1, 0.15) is 48.0 Å². The number of ketones is 1. The van der Waals surface area contributed by atoms with Crippen LogP contribution in [0.5, 0.6) is 0 Å². The van der Waals surface area contributed by atoms with Crippen LogP contribution in [-0.4, -0.2) is 35.1 Å². The second-order valence-corrected chi connectivity index (χ2v) is 7.59. The van der Waals surface area contributed by atoms with Gasteiger partial charge in [-0.05, 0) is 5.41 Å². The van der Waals surface area contributed by atoms with Gasteiger partial charge >= 0.3 is 0 Å². The molecule has 0 aromatic rings. The highest BCUT2D eigenvalue weighted by molar-refractivity contribution is 6.08. The largest absolute Gasteiger partial charge is 0.328 e. The molecule has 0 bridgehead atoms. The number of nitrogens with zero attached hydrogens (tertiary/aromatic N) is 1. The van der Waals surface area contributed by atoms with E-state index in [-0.39, 0.29) is 41.9 Å². The summed E-state index contributed by atoms with van der Waals surface area (Å²) in [5, 5.41) is 0. The minimum Gasteiger partial charge on any atom is -0.328 e. The fourth-order valence-corrected chi connectivity index (χ4v) is 2.48. The Labute approximate surface area is 120 Å². The molecule has 5 heteroatoms. The topological polar surface area (TPSA) is 80.5 Å². The molecule has 1 aliphatic heterocycles. The first-order valence-corrected chi connectivity index (χ1v) is 7.01. The molecule has 1 fully saturated rings. The van der Waals surface area contributed by atoms with Gasteiger partial charge in [0.05, 0.1) is 5.92 Å². The summed E-state index contributed by atoms with van der Waals surface area (Å²) in [5.74, 6) is -1.10. The summed E-state index contributed by atoms with van der Waals surface area (Å²) in [6, 6.07) is -0.845. The van der Waals surface area contributed by atoms with Gasteiger partial charge in [-0.3, -0.25) is 19.3 Å². The number of hydrogen-bond acceptors (Lipinski definition) is 4. The Bertz CT molecular complexity index is 429. The molecule has 2 unspecified atom stereocenters. The Hall–Kier alpha value is -1.23. The van der Waals surface area contributed by atoms with Crippen molar-refractivity contribution in [3.63, 3.8) is 0 Å². The summed E-state index contributed by atoms with van der Waals surface area (Å²) in [7, 11) is 0. The third kappa shape index (κ3) is 3.08. The van der Waals surface area contributed by atoms with E-state index in [1.165, 1.54) is 0 Å². The summed E-state index contributed by atoms with van der Waals surface area (Å²) in [4.78, 5) is 38.2. The van der Waals surface area contributed by atoms with Gasteiger partial charge in [0.15, 0.2) is 5.78 Å². The van der Waals surface area contributed by atoms with E-state index in [4.69, 9.17) is 5.73 Å². The number of nitrogens with two attached hydrogens (primary N) is 1. The molecule has 0 aliphatic carbocycles. The summed E-state index contributed by atoms with van der Waals surface area (Å²) in [6.07, 6.45) is 0.163. The zero-order valence-electron chi connectivity index (χ0n) is 13.3. The molecule has 2 amide bonds. The van der Waals surface area contributed by atoms with Gasteiger partial charge in [-0.15, -0.1) is 0 Å². The molecule has 1 rings (SSSR count). The van der Waals surface area contributed by atoms with Crippen molar-refractivity contribution in [2.24, 2.45) is 22.5 Å². The number of imide groups is 1. The second-order valence-electron chi connectivity index (χ2n) is 7.59. The van der Waals surface area contributed by atoms with Crippen LogP contribution in [0.3, 0.4) is 0 Å². The lowest BCUT2D eigenvalue weighted by atomic mass is 9.79. The molecular weight excluding hydrogens is 256 g/mol. The minimum atomic E-state index is -0.845. The van der Waals surface area contributed by atoms with Gasteiger partial charge in [0.1, 0.15) is 6.04 Å². The first-order valence-electron chi connectivity index (χ1n) is 7.01. The zero-order chi connectivity index (χ0) is 15.9. The fraction of sp³-hybridized carbons (Fsp3) is 0.800. The molecule has 1 saturated heterocycles. The highest BCUT2D eigenvalue weighted by Gasteiger charge is 2.49. The van der Waals surface area contributed by atoms with E-state index in [2.05, 4.69) is 0 Å². The molecular formula is C15H26N2O3. The number of hydrogen-bond donors (Lipinski definition) is 1. The number of Topliss-reactive ketones (excluding diaryl/α,β-unsaturated/α-hetero) is 1. The van der Waals surface area contributed by atoms with Crippen LogP contribution < -0.4 is 5.73 Å². The summed E-state index contributed by atoms with van der Waals surface area (Å²) in [6.45, 7) is 11.1. The molecule has 1 aliphatic rings. The number of amides is 2. The maximum Gasteiger partial charge on any atom is 0.234 e. The molecule has 114 valence electrons. The molecule has 2 N–H and O–H groups in total. The van der Waals surface area contributed by atoms with Crippen molar-refractivity contribution < 1.29 is 14.4 Å². The number of carbonyl (C=O) groups excluding carboxylic acids is 3. The quantitative estimate of drug-likeness (QED) is 0.792. The van der Waals surface area contributed by atoms with Gasteiger partial charge in [0, 0.05) is 18.4 Å². The highest BCUT2D eigenvalue weighted by atomic mass is 16.2. The predicted molar refractivity (Wildman–Crippen MR) is 76.7 cm³/mol. The fourth-order valence-electron chi connectivity index (χ4n) is 2.48. The van der Waals surface area contributed by atoms with E-state index in [0.717, 1.165) is 4.90 Å². The summed E-state index contributed by atoms with van der Waals surface area (Å²) < 4.78 is 0. The Morgan fingerprint density at radius 2 is 1.75 bits per heavy atom. The molecule has 0 spiro atoms. The molecule has 2 atom stereocenters. The van der Waals surface area contributed by atoms with Crippen LogP contribution in [-0.2, 0) is 14.4 Å². The average Bonchev–Trinajstić information content (AvgIpc) is 2.56. The molecule has 0 aromatic carbocycles. The Morgan fingerprint density at radius 3 is 2.05 bits per heavy atom. The van der Waals surface area contributed by atoms with E-state index in [0.29, 0.717) is 0 Å². The van der Waals surface area contributed by atoms with Crippen molar-refractivity contribution in [2.75, 3.05) is 6.54 Å². The monoisotopic (exact) mass is 282 g/mol. The van der Waals surface area contributed by atoms with E-state index in [1.807, 2.05) is 20.8 Å². The SMILES string of the molecule is CC(C)(C)C(=O)C(CN)N1C(=O)CC(C(C)(C)C)C1=O. The van der Waals surface area contributed by atoms with Crippen molar-refractivity contribution in [2.45, 2.75) is 54.0 Å². The van der Waals surface area contributed by atoms with Gasteiger partial charge in [-0.2, -0.15) is 0 Å². The van der Waals surface area contributed by atoms with Crippen molar-refractivity contribution in [3.05, 3.63) is 0 Å². The first-order chi connectivity index (χ1) is 8.91. The maximum absolute atomic E-state index is 12.5. The summed E-state index contributed by atoms with van der Waals surface area (Å²) >= 11 is 0. The van der Waals surface area contributed by atoms with E-state index in [1.54, 1.807) is 20.8 Å². The smallest absolute Gasteiger partial charge is 0.234 e. The number of likely N-dealkylation sites (tertiary alicyclic amines) is 1. The molecule has 0 radical (unpaired) electrons. The Morgan fingerprint density at radius 1 is 1.25 bits per heavy atom.